The van der Waals surface area contributed by atoms with Gasteiger partial charge in [0, 0.05) is 6.08 Å². The van der Waals surface area contributed by atoms with Gasteiger partial charge < -0.3 is 19.9 Å². The van der Waals surface area contributed by atoms with Crippen LogP contribution in [-0.2, 0) is 14.3 Å². The van der Waals surface area contributed by atoms with Crippen LogP contribution in [0.15, 0.2) is 30.3 Å². The summed E-state index contributed by atoms with van der Waals surface area (Å²) in [5.74, 6) is -0.471. The van der Waals surface area contributed by atoms with Gasteiger partial charge in [0.1, 0.15) is 5.75 Å². The number of carbonyl (C=O) groups excluding carboxylic acids is 2. The Bertz CT molecular complexity index is 481. The summed E-state index contributed by atoms with van der Waals surface area (Å²) in [5.41, 5.74) is 0.805. The highest BCUT2D eigenvalue weighted by Crippen LogP contribution is 2.12. The van der Waals surface area contributed by atoms with Crippen LogP contribution in [0.25, 0.3) is 6.08 Å². The van der Waals surface area contributed by atoms with Gasteiger partial charge in [-0.05, 0) is 23.8 Å². The largest absolute Gasteiger partial charge is 0.497 e. The number of aliphatic hydroxyl groups excluding tert-OH is 1. The van der Waals surface area contributed by atoms with E-state index in [1.807, 2.05) is 0 Å². The van der Waals surface area contributed by atoms with Gasteiger partial charge in [-0.2, -0.15) is 0 Å². The van der Waals surface area contributed by atoms with E-state index in [1.165, 1.54) is 13.2 Å². The first-order valence-corrected chi connectivity index (χ1v) is 5.92. The lowest BCUT2D eigenvalue weighted by Gasteiger charge is -2.11. The number of carbonyl (C=O) groups is 2. The van der Waals surface area contributed by atoms with Gasteiger partial charge in [-0.3, -0.25) is 4.79 Å². The molecule has 0 saturated heterocycles. The van der Waals surface area contributed by atoms with Gasteiger partial charge in [0.2, 0.25) is 5.91 Å². The van der Waals surface area contributed by atoms with Crippen molar-refractivity contribution in [1.82, 2.24) is 5.32 Å². The van der Waals surface area contributed by atoms with E-state index in [0.29, 0.717) is 0 Å². The third-order valence-electron chi connectivity index (χ3n) is 2.53. The number of aliphatic hydroxyl groups is 1. The van der Waals surface area contributed by atoms with Gasteiger partial charge in [-0.15, -0.1) is 0 Å². The fraction of sp³-hybridized carbons (Fsp3) is 0.286. The number of hydrogen-bond donors (Lipinski definition) is 2. The minimum Gasteiger partial charge on any atom is -0.497 e. The number of esters is 1. The summed E-state index contributed by atoms with van der Waals surface area (Å²) < 4.78 is 9.46. The Morgan fingerprint density at radius 3 is 2.45 bits per heavy atom. The van der Waals surface area contributed by atoms with Gasteiger partial charge in [0.25, 0.3) is 0 Å². The highest BCUT2D eigenvalue weighted by atomic mass is 16.5. The Morgan fingerprint density at radius 2 is 1.95 bits per heavy atom. The molecule has 1 aromatic carbocycles. The average Bonchev–Trinajstić information content (AvgIpc) is 2.50. The maximum absolute atomic E-state index is 11.6. The van der Waals surface area contributed by atoms with Crippen LogP contribution in [0.5, 0.6) is 5.75 Å². The molecule has 0 radical (unpaired) electrons. The van der Waals surface area contributed by atoms with Crippen LogP contribution in [0.4, 0.5) is 0 Å². The van der Waals surface area contributed by atoms with Gasteiger partial charge in [0.15, 0.2) is 6.04 Å². The zero-order valence-electron chi connectivity index (χ0n) is 11.3. The molecule has 0 aliphatic carbocycles. The van der Waals surface area contributed by atoms with Crippen molar-refractivity contribution >= 4 is 18.0 Å². The molecule has 6 nitrogen and oxygen atoms in total. The molecule has 2 N–H and O–H groups in total. The first-order valence-electron chi connectivity index (χ1n) is 5.92. The molecule has 0 spiro atoms. The molecular formula is C14H17NO5. The second kappa shape index (κ2) is 7.96. The van der Waals surface area contributed by atoms with E-state index in [9.17, 15) is 9.59 Å². The standard InChI is InChI=1S/C14H17NO5/c1-19-11-6-3-10(4-7-11)5-8-13(17)15-12(9-16)14(18)20-2/h3-8,12,16H,9H2,1-2H3,(H,15,17)/b8-5+/t12-/m1/s1. The van der Waals surface area contributed by atoms with E-state index in [-0.39, 0.29) is 0 Å². The maximum Gasteiger partial charge on any atom is 0.330 e. The molecule has 0 aliphatic rings. The lowest BCUT2D eigenvalue weighted by molar-refractivity contribution is -0.145. The monoisotopic (exact) mass is 279 g/mol. The zero-order valence-corrected chi connectivity index (χ0v) is 11.3. The van der Waals surface area contributed by atoms with Gasteiger partial charge in [-0.1, -0.05) is 12.1 Å². The molecule has 0 unspecified atom stereocenters. The van der Waals surface area contributed by atoms with Crippen molar-refractivity contribution in [3.63, 3.8) is 0 Å². The highest BCUT2D eigenvalue weighted by Gasteiger charge is 2.18. The molecular weight excluding hydrogens is 262 g/mol. The predicted molar refractivity (Wildman–Crippen MR) is 73.1 cm³/mol. The van der Waals surface area contributed by atoms with Crippen molar-refractivity contribution in [2.75, 3.05) is 20.8 Å². The van der Waals surface area contributed by atoms with Crippen LogP contribution in [0.1, 0.15) is 5.56 Å². The minimum atomic E-state index is -1.06. The van der Waals surface area contributed by atoms with Crippen LogP contribution in [0, 0.1) is 0 Å². The molecule has 20 heavy (non-hydrogen) atoms. The first kappa shape index (κ1) is 15.7. The molecule has 1 amide bonds. The lowest BCUT2D eigenvalue weighted by Crippen LogP contribution is -2.43. The number of ether oxygens (including phenoxy) is 2. The molecule has 0 bridgehead atoms. The zero-order chi connectivity index (χ0) is 15.0. The van der Waals surface area contributed by atoms with E-state index in [1.54, 1.807) is 37.5 Å². The Labute approximate surface area is 117 Å². The van der Waals surface area contributed by atoms with Gasteiger partial charge >= 0.3 is 5.97 Å². The normalized spacial score (nSPS) is 11.9. The summed E-state index contributed by atoms with van der Waals surface area (Å²) in [6.07, 6.45) is 2.86. The quantitative estimate of drug-likeness (QED) is 0.580. The predicted octanol–water partition coefficient (Wildman–Crippen LogP) is 0.358. The van der Waals surface area contributed by atoms with Crippen LogP contribution < -0.4 is 10.1 Å². The fourth-order valence-electron chi connectivity index (χ4n) is 1.43. The second-order valence-corrected chi connectivity index (χ2v) is 3.87. The van der Waals surface area contributed by atoms with E-state index >= 15 is 0 Å². The number of nitrogens with one attached hydrogen (secondary N) is 1. The van der Waals surface area contributed by atoms with Crippen molar-refractivity contribution in [3.8, 4) is 5.75 Å². The third-order valence-corrected chi connectivity index (χ3v) is 2.53. The summed E-state index contributed by atoms with van der Waals surface area (Å²) in [7, 11) is 2.75. The summed E-state index contributed by atoms with van der Waals surface area (Å²) in [5, 5.41) is 11.3. The van der Waals surface area contributed by atoms with Crippen LogP contribution in [-0.4, -0.2) is 43.9 Å². The summed E-state index contributed by atoms with van der Waals surface area (Å²) >= 11 is 0. The minimum absolute atomic E-state index is 0.495. The van der Waals surface area contributed by atoms with E-state index in [0.717, 1.165) is 11.3 Å². The summed E-state index contributed by atoms with van der Waals surface area (Å²) in [6, 6.07) is 6.04. The Kier molecular flexibility index (Phi) is 6.25. The van der Waals surface area contributed by atoms with Crippen molar-refractivity contribution in [2.45, 2.75) is 6.04 Å². The maximum atomic E-state index is 11.6. The van der Waals surface area contributed by atoms with Gasteiger partial charge in [0.05, 0.1) is 20.8 Å². The molecule has 1 atom stereocenters. The molecule has 0 fully saturated rings. The molecule has 1 rings (SSSR count). The molecule has 1 aromatic rings. The van der Waals surface area contributed by atoms with Crippen LogP contribution in [0.3, 0.4) is 0 Å². The number of amides is 1. The number of hydrogen-bond acceptors (Lipinski definition) is 5. The SMILES string of the molecule is COC(=O)[C@@H](CO)NC(=O)/C=C/c1ccc(OC)cc1. The smallest absolute Gasteiger partial charge is 0.330 e. The topological polar surface area (TPSA) is 84.9 Å². The molecule has 0 heterocycles. The first-order chi connectivity index (χ1) is 9.60. The molecule has 0 aromatic heterocycles. The molecule has 108 valence electrons. The van der Waals surface area contributed by atoms with Crippen molar-refractivity contribution in [2.24, 2.45) is 0 Å². The van der Waals surface area contributed by atoms with Crippen molar-refractivity contribution in [3.05, 3.63) is 35.9 Å². The number of benzene rings is 1. The molecule has 6 heteroatoms. The Balaban J connectivity index is 2.60. The lowest BCUT2D eigenvalue weighted by atomic mass is 10.2. The van der Waals surface area contributed by atoms with Crippen LogP contribution >= 0.6 is 0 Å². The van der Waals surface area contributed by atoms with Crippen LogP contribution in [0.2, 0.25) is 0 Å². The third kappa shape index (κ3) is 4.74. The Hall–Kier alpha value is -2.34. The highest BCUT2D eigenvalue weighted by molar-refractivity contribution is 5.94. The second-order valence-electron chi connectivity index (χ2n) is 3.87. The average molecular weight is 279 g/mol. The van der Waals surface area contributed by atoms with Gasteiger partial charge in [-0.25, -0.2) is 4.79 Å². The summed E-state index contributed by atoms with van der Waals surface area (Å²) in [6.45, 7) is -0.519. The summed E-state index contributed by atoms with van der Waals surface area (Å²) in [4.78, 5) is 22.8. The molecule has 0 aliphatic heterocycles. The fourth-order valence-corrected chi connectivity index (χ4v) is 1.43. The van der Waals surface area contributed by atoms with Crippen molar-refractivity contribution in [1.29, 1.82) is 0 Å². The Morgan fingerprint density at radius 1 is 1.30 bits per heavy atom. The van der Waals surface area contributed by atoms with Crippen molar-refractivity contribution < 1.29 is 24.2 Å². The van der Waals surface area contributed by atoms with E-state index in [4.69, 9.17) is 9.84 Å². The van der Waals surface area contributed by atoms with E-state index < -0.39 is 24.5 Å². The number of methoxy groups -OCH3 is 2. The van der Waals surface area contributed by atoms with E-state index in [2.05, 4.69) is 10.1 Å². The molecule has 0 saturated carbocycles. The number of rotatable bonds is 6.